The number of benzene rings is 2. The Morgan fingerprint density at radius 3 is 2.60 bits per heavy atom. The fourth-order valence-electron chi connectivity index (χ4n) is 3.54. The molecule has 1 fully saturated rings. The SMILES string of the molecule is O=C(NCc1cccc(Br)c1)C1CCN(c2nccnc2Sc2ccccc2)CC1. The first-order valence-corrected chi connectivity index (χ1v) is 11.6. The lowest BCUT2D eigenvalue weighted by Crippen LogP contribution is -2.41. The van der Waals surface area contributed by atoms with Crippen molar-refractivity contribution < 1.29 is 4.79 Å². The molecule has 2 aromatic carbocycles. The summed E-state index contributed by atoms with van der Waals surface area (Å²) in [5, 5.41) is 3.99. The van der Waals surface area contributed by atoms with Gasteiger partial charge in [0.05, 0.1) is 0 Å². The highest BCUT2D eigenvalue weighted by Crippen LogP contribution is 2.33. The number of piperidine rings is 1. The van der Waals surface area contributed by atoms with Crippen LogP contribution in [0.2, 0.25) is 0 Å². The quantitative estimate of drug-likeness (QED) is 0.539. The summed E-state index contributed by atoms with van der Waals surface area (Å²) < 4.78 is 1.02. The minimum absolute atomic E-state index is 0.0373. The maximum atomic E-state index is 12.6. The average Bonchev–Trinajstić information content (AvgIpc) is 2.79. The molecule has 0 saturated carbocycles. The van der Waals surface area contributed by atoms with Gasteiger partial charge in [-0.25, -0.2) is 9.97 Å². The van der Waals surface area contributed by atoms with Crippen molar-refractivity contribution in [2.24, 2.45) is 5.92 Å². The van der Waals surface area contributed by atoms with Crippen LogP contribution in [-0.4, -0.2) is 29.0 Å². The zero-order valence-corrected chi connectivity index (χ0v) is 18.9. The highest BCUT2D eigenvalue weighted by molar-refractivity contribution is 9.10. The fraction of sp³-hybridized carbons (Fsp3) is 0.261. The van der Waals surface area contributed by atoms with E-state index in [0.29, 0.717) is 6.54 Å². The van der Waals surface area contributed by atoms with E-state index in [1.807, 2.05) is 42.5 Å². The first-order chi connectivity index (χ1) is 14.7. The van der Waals surface area contributed by atoms with Crippen LogP contribution in [0.1, 0.15) is 18.4 Å². The first kappa shape index (κ1) is 20.9. The molecule has 0 radical (unpaired) electrons. The highest BCUT2D eigenvalue weighted by Gasteiger charge is 2.27. The van der Waals surface area contributed by atoms with E-state index in [-0.39, 0.29) is 11.8 Å². The van der Waals surface area contributed by atoms with Crippen molar-refractivity contribution in [1.29, 1.82) is 0 Å². The average molecular weight is 483 g/mol. The fourth-order valence-corrected chi connectivity index (χ4v) is 4.89. The molecule has 1 saturated heterocycles. The largest absolute Gasteiger partial charge is 0.354 e. The topological polar surface area (TPSA) is 58.1 Å². The number of anilines is 1. The molecule has 0 atom stereocenters. The Balaban J connectivity index is 1.34. The summed E-state index contributed by atoms with van der Waals surface area (Å²) in [7, 11) is 0. The Morgan fingerprint density at radius 1 is 1.07 bits per heavy atom. The molecule has 1 aliphatic heterocycles. The molecule has 7 heteroatoms. The molecule has 2 heterocycles. The molecule has 0 aliphatic carbocycles. The third-order valence-corrected chi connectivity index (χ3v) is 6.61. The van der Waals surface area contributed by atoms with E-state index < -0.39 is 0 Å². The van der Waals surface area contributed by atoms with Gasteiger partial charge in [0.2, 0.25) is 5.91 Å². The van der Waals surface area contributed by atoms with Crippen molar-refractivity contribution >= 4 is 39.4 Å². The van der Waals surface area contributed by atoms with Gasteiger partial charge in [-0.1, -0.05) is 58.0 Å². The third kappa shape index (κ3) is 5.40. The number of halogens is 1. The molecular weight excluding hydrogens is 460 g/mol. The van der Waals surface area contributed by atoms with Crippen LogP contribution in [-0.2, 0) is 11.3 Å². The molecule has 1 aliphatic rings. The molecule has 4 rings (SSSR count). The molecule has 1 N–H and O–H groups in total. The second-order valence-corrected chi connectivity index (χ2v) is 9.19. The van der Waals surface area contributed by atoms with Crippen molar-refractivity contribution in [3.05, 3.63) is 77.0 Å². The van der Waals surface area contributed by atoms with Crippen LogP contribution in [0.25, 0.3) is 0 Å². The minimum atomic E-state index is 0.0373. The van der Waals surface area contributed by atoms with Crippen molar-refractivity contribution in [2.45, 2.75) is 29.3 Å². The van der Waals surface area contributed by atoms with Crippen LogP contribution in [0, 0.1) is 5.92 Å². The van der Waals surface area contributed by atoms with Crippen molar-refractivity contribution in [2.75, 3.05) is 18.0 Å². The van der Waals surface area contributed by atoms with Crippen LogP contribution in [0.5, 0.6) is 0 Å². The minimum Gasteiger partial charge on any atom is -0.354 e. The lowest BCUT2D eigenvalue weighted by Gasteiger charge is -2.32. The number of hydrogen-bond donors (Lipinski definition) is 1. The van der Waals surface area contributed by atoms with E-state index in [1.54, 1.807) is 24.2 Å². The van der Waals surface area contributed by atoms with Crippen LogP contribution >= 0.6 is 27.7 Å². The van der Waals surface area contributed by atoms with E-state index in [4.69, 9.17) is 0 Å². The van der Waals surface area contributed by atoms with Gasteiger partial charge in [0.15, 0.2) is 5.82 Å². The van der Waals surface area contributed by atoms with Crippen LogP contribution in [0.4, 0.5) is 5.82 Å². The van der Waals surface area contributed by atoms with E-state index in [0.717, 1.165) is 51.7 Å². The smallest absolute Gasteiger partial charge is 0.223 e. The monoisotopic (exact) mass is 482 g/mol. The lowest BCUT2D eigenvalue weighted by atomic mass is 9.96. The molecule has 154 valence electrons. The van der Waals surface area contributed by atoms with Crippen molar-refractivity contribution in [1.82, 2.24) is 15.3 Å². The Morgan fingerprint density at radius 2 is 1.83 bits per heavy atom. The maximum absolute atomic E-state index is 12.6. The molecule has 0 spiro atoms. The van der Waals surface area contributed by atoms with E-state index in [1.165, 1.54) is 0 Å². The summed E-state index contributed by atoms with van der Waals surface area (Å²) in [4.78, 5) is 25.2. The number of hydrogen-bond acceptors (Lipinski definition) is 5. The molecule has 0 bridgehead atoms. The van der Waals surface area contributed by atoms with E-state index in [2.05, 4.69) is 48.2 Å². The molecule has 1 amide bonds. The molecule has 30 heavy (non-hydrogen) atoms. The van der Waals surface area contributed by atoms with E-state index >= 15 is 0 Å². The first-order valence-electron chi connectivity index (χ1n) is 10.00. The second kappa shape index (κ2) is 10.1. The molecule has 1 aromatic heterocycles. The van der Waals surface area contributed by atoms with Crippen LogP contribution in [0.15, 0.2) is 81.4 Å². The van der Waals surface area contributed by atoms with Crippen LogP contribution < -0.4 is 10.2 Å². The normalized spacial score (nSPS) is 14.5. The Kier molecular flexibility index (Phi) is 7.02. The Hall–Kier alpha value is -2.38. The predicted molar refractivity (Wildman–Crippen MR) is 124 cm³/mol. The number of carbonyl (C=O) groups is 1. The number of amides is 1. The Bertz CT molecular complexity index is 993. The summed E-state index contributed by atoms with van der Waals surface area (Å²) >= 11 is 5.09. The van der Waals surface area contributed by atoms with Gasteiger partial charge in [-0.2, -0.15) is 0 Å². The lowest BCUT2D eigenvalue weighted by molar-refractivity contribution is -0.125. The predicted octanol–water partition coefficient (Wildman–Crippen LogP) is 4.92. The van der Waals surface area contributed by atoms with Crippen molar-refractivity contribution in [3.8, 4) is 0 Å². The van der Waals surface area contributed by atoms with Gasteiger partial charge in [0.1, 0.15) is 5.03 Å². The van der Waals surface area contributed by atoms with Crippen LogP contribution in [0.3, 0.4) is 0 Å². The van der Waals surface area contributed by atoms with Gasteiger partial charge in [0, 0.05) is 47.3 Å². The number of nitrogens with zero attached hydrogens (tertiary/aromatic N) is 3. The number of nitrogens with one attached hydrogen (secondary N) is 1. The standard InChI is InChI=1S/C23H23BrN4OS/c24-19-6-4-5-17(15-19)16-27-22(29)18-9-13-28(14-10-18)21-23(26-12-11-25-21)30-20-7-2-1-3-8-20/h1-8,11-12,15,18H,9-10,13-14,16H2,(H,27,29). The van der Waals surface area contributed by atoms with Gasteiger partial charge in [0.25, 0.3) is 0 Å². The van der Waals surface area contributed by atoms with Crippen molar-refractivity contribution in [3.63, 3.8) is 0 Å². The maximum Gasteiger partial charge on any atom is 0.223 e. The van der Waals surface area contributed by atoms with Gasteiger partial charge in [-0.05, 0) is 42.7 Å². The third-order valence-electron chi connectivity index (χ3n) is 5.13. The van der Waals surface area contributed by atoms with Gasteiger partial charge in [-0.3, -0.25) is 4.79 Å². The molecule has 3 aromatic rings. The number of rotatable bonds is 6. The molecular formula is C23H23BrN4OS. The van der Waals surface area contributed by atoms with E-state index in [9.17, 15) is 4.79 Å². The summed E-state index contributed by atoms with van der Waals surface area (Å²) in [6.45, 7) is 2.16. The van der Waals surface area contributed by atoms with Gasteiger partial charge in [-0.15, -0.1) is 0 Å². The zero-order valence-electron chi connectivity index (χ0n) is 16.5. The highest BCUT2D eigenvalue weighted by atomic mass is 79.9. The van der Waals surface area contributed by atoms with Gasteiger partial charge < -0.3 is 10.2 Å². The molecule has 5 nitrogen and oxygen atoms in total. The van der Waals surface area contributed by atoms with Gasteiger partial charge >= 0.3 is 0 Å². The number of carbonyl (C=O) groups excluding carboxylic acids is 1. The Labute approximate surface area is 189 Å². The summed E-state index contributed by atoms with van der Waals surface area (Å²) in [5.41, 5.74) is 1.09. The molecule has 0 unspecified atom stereocenters. The summed E-state index contributed by atoms with van der Waals surface area (Å²) in [5.74, 6) is 1.07. The summed E-state index contributed by atoms with van der Waals surface area (Å²) in [6.07, 6.45) is 5.10. The number of aromatic nitrogens is 2. The zero-order chi connectivity index (χ0) is 20.8. The summed E-state index contributed by atoms with van der Waals surface area (Å²) in [6, 6.07) is 18.2. The second-order valence-electron chi connectivity index (χ2n) is 7.21.